The highest BCUT2D eigenvalue weighted by Gasteiger charge is 2.08. The van der Waals surface area contributed by atoms with Gasteiger partial charge in [-0.15, -0.1) is 0 Å². The van der Waals surface area contributed by atoms with Crippen LogP contribution in [0.2, 0.25) is 5.15 Å². The van der Waals surface area contributed by atoms with Crippen LogP contribution in [0, 0.1) is 12.9 Å². The normalized spacial score (nSPS) is 9.94. The van der Waals surface area contributed by atoms with Gasteiger partial charge in [0, 0.05) is 5.56 Å². The number of thiocarbonyl (C=S) groups is 1. The van der Waals surface area contributed by atoms with Gasteiger partial charge in [0.15, 0.2) is 5.15 Å². The van der Waals surface area contributed by atoms with Crippen LogP contribution in [0.5, 0.6) is 0 Å². The van der Waals surface area contributed by atoms with Crippen LogP contribution in [0.1, 0.15) is 5.56 Å². The molecule has 0 fully saturated rings. The van der Waals surface area contributed by atoms with Crippen molar-refractivity contribution in [2.75, 3.05) is 0 Å². The average Bonchev–Trinajstić information content (AvgIpc) is 2.35. The number of isothiocyanates is 1. The van der Waals surface area contributed by atoms with Gasteiger partial charge in [0.25, 0.3) is 0 Å². The minimum atomic E-state index is -0.522. The second-order valence-corrected chi connectivity index (χ2v) is 4.05. The topological polar surface area (TPSA) is 38.1 Å². The molecule has 3 nitrogen and oxygen atoms in total. The molecule has 0 amide bonds. The van der Waals surface area contributed by atoms with E-state index in [1.54, 1.807) is 31.2 Å². The maximum Gasteiger partial charge on any atom is 0.216 e. The van der Waals surface area contributed by atoms with Crippen LogP contribution in [-0.4, -0.2) is 15.1 Å². The molecule has 0 aromatic carbocycles. The van der Waals surface area contributed by atoms with E-state index in [1.807, 2.05) is 0 Å². The highest BCUT2D eigenvalue weighted by Crippen LogP contribution is 2.26. The summed E-state index contributed by atoms with van der Waals surface area (Å²) in [5, 5.41) is 2.38. The van der Waals surface area contributed by atoms with Crippen molar-refractivity contribution < 1.29 is 4.39 Å². The molecule has 0 N–H and O–H groups in total. The van der Waals surface area contributed by atoms with E-state index in [-0.39, 0.29) is 5.15 Å². The van der Waals surface area contributed by atoms with Crippen LogP contribution in [0.3, 0.4) is 0 Å². The molecule has 0 radical (unpaired) electrons. The van der Waals surface area contributed by atoms with E-state index in [4.69, 9.17) is 11.6 Å². The number of hydrogen-bond acceptors (Lipinski definition) is 4. The van der Waals surface area contributed by atoms with E-state index in [2.05, 4.69) is 32.3 Å². The minimum absolute atomic E-state index is 0.174. The second-order valence-electron chi connectivity index (χ2n) is 3.51. The summed E-state index contributed by atoms with van der Waals surface area (Å²) in [7, 11) is 0. The summed E-state index contributed by atoms with van der Waals surface area (Å²) in [6, 6.07) is 6.59. The van der Waals surface area contributed by atoms with E-state index in [0.29, 0.717) is 22.6 Å². The van der Waals surface area contributed by atoms with Gasteiger partial charge in [-0.05, 0) is 37.3 Å². The Morgan fingerprint density at radius 3 is 2.50 bits per heavy atom. The van der Waals surface area contributed by atoms with Crippen LogP contribution < -0.4 is 0 Å². The number of halogens is 2. The standard InChI is InChI=1S/C12H7ClFN3S/c1-7-2-3-9(17-12(7)14)8-4-5-10(15-6-18)11(13)16-8/h2-5H,1H3. The minimum Gasteiger partial charge on any atom is -0.232 e. The van der Waals surface area contributed by atoms with E-state index >= 15 is 0 Å². The van der Waals surface area contributed by atoms with E-state index in [0.717, 1.165) is 0 Å². The van der Waals surface area contributed by atoms with E-state index < -0.39 is 5.95 Å². The number of pyridine rings is 2. The van der Waals surface area contributed by atoms with Gasteiger partial charge in [-0.25, -0.2) is 9.97 Å². The fourth-order valence-electron chi connectivity index (χ4n) is 1.35. The molecule has 0 bridgehead atoms. The van der Waals surface area contributed by atoms with Gasteiger partial charge in [-0.1, -0.05) is 17.7 Å². The zero-order valence-corrected chi connectivity index (χ0v) is 10.9. The molecule has 0 aliphatic heterocycles. The first-order valence-electron chi connectivity index (χ1n) is 5.00. The molecule has 6 heteroatoms. The number of nitrogens with zero attached hydrogens (tertiary/aromatic N) is 3. The Hall–Kier alpha value is -1.68. The molecule has 0 unspecified atom stereocenters. The molecule has 0 spiro atoms. The first-order chi connectivity index (χ1) is 8.61. The highest BCUT2D eigenvalue weighted by molar-refractivity contribution is 7.78. The molecule has 0 aliphatic rings. The van der Waals surface area contributed by atoms with Crippen molar-refractivity contribution in [2.45, 2.75) is 6.92 Å². The first-order valence-corrected chi connectivity index (χ1v) is 5.78. The van der Waals surface area contributed by atoms with Gasteiger partial charge in [-0.2, -0.15) is 9.38 Å². The van der Waals surface area contributed by atoms with Gasteiger partial charge < -0.3 is 0 Å². The molecule has 2 aromatic heterocycles. The molecular formula is C12H7ClFN3S. The lowest BCUT2D eigenvalue weighted by Gasteiger charge is -2.03. The third-order valence-corrected chi connectivity index (χ3v) is 2.66. The Bertz CT molecular complexity index is 654. The molecule has 0 atom stereocenters. The number of rotatable bonds is 2. The van der Waals surface area contributed by atoms with Crippen LogP contribution in [-0.2, 0) is 0 Å². The van der Waals surface area contributed by atoms with Crippen molar-refractivity contribution in [2.24, 2.45) is 4.99 Å². The van der Waals surface area contributed by atoms with E-state index in [9.17, 15) is 4.39 Å². The Balaban J connectivity index is 2.48. The molecule has 2 aromatic rings. The monoisotopic (exact) mass is 279 g/mol. The lowest BCUT2D eigenvalue weighted by Crippen LogP contribution is -1.93. The first kappa shape index (κ1) is 12.8. The molecule has 18 heavy (non-hydrogen) atoms. The Kier molecular flexibility index (Phi) is 3.77. The molecular weight excluding hydrogens is 273 g/mol. The third-order valence-electron chi connectivity index (χ3n) is 2.29. The largest absolute Gasteiger partial charge is 0.232 e. The van der Waals surface area contributed by atoms with Crippen molar-refractivity contribution in [3.05, 3.63) is 40.9 Å². The summed E-state index contributed by atoms with van der Waals surface area (Å²) in [6.07, 6.45) is 0. The maximum atomic E-state index is 13.4. The molecule has 0 saturated heterocycles. The van der Waals surface area contributed by atoms with Crippen molar-refractivity contribution in [1.82, 2.24) is 9.97 Å². The fraction of sp³-hybridized carbons (Fsp3) is 0.0833. The van der Waals surface area contributed by atoms with Crippen molar-refractivity contribution in [1.29, 1.82) is 0 Å². The summed E-state index contributed by atoms with van der Waals surface area (Å²) >= 11 is 10.4. The number of aromatic nitrogens is 2. The van der Waals surface area contributed by atoms with E-state index in [1.165, 1.54) is 0 Å². The summed E-state index contributed by atoms with van der Waals surface area (Å²) < 4.78 is 13.4. The summed E-state index contributed by atoms with van der Waals surface area (Å²) in [4.78, 5) is 11.6. The van der Waals surface area contributed by atoms with Crippen molar-refractivity contribution in [3.8, 4) is 11.4 Å². The molecule has 90 valence electrons. The van der Waals surface area contributed by atoms with Crippen LogP contribution in [0.15, 0.2) is 29.3 Å². The van der Waals surface area contributed by atoms with Crippen LogP contribution >= 0.6 is 23.8 Å². The average molecular weight is 280 g/mol. The third kappa shape index (κ3) is 2.59. The molecule has 0 aliphatic carbocycles. The Labute approximate surface area is 113 Å². The zero-order chi connectivity index (χ0) is 13.1. The van der Waals surface area contributed by atoms with Gasteiger partial charge in [0.2, 0.25) is 5.95 Å². The second kappa shape index (κ2) is 5.31. The molecule has 2 rings (SSSR count). The number of aliphatic imine (C=N–C) groups is 1. The quantitative estimate of drug-likeness (QED) is 0.474. The summed E-state index contributed by atoms with van der Waals surface area (Å²) in [6.45, 7) is 1.64. The van der Waals surface area contributed by atoms with Crippen LogP contribution in [0.4, 0.5) is 10.1 Å². The van der Waals surface area contributed by atoms with Crippen LogP contribution in [0.25, 0.3) is 11.4 Å². The Morgan fingerprint density at radius 2 is 1.89 bits per heavy atom. The lowest BCUT2D eigenvalue weighted by molar-refractivity contribution is 0.576. The zero-order valence-electron chi connectivity index (χ0n) is 9.32. The SMILES string of the molecule is Cc1ccc(-c2ccc(N=C=S)c(Cl)n2)nc1F. The van der Waals surface area contributed by atoms with Gasteiger partial charge >= 0.3 is 0 Å². The maximum absolute atomic E-state index is 13.4. The van der Waals surface area contributed by atoms with Gasteiger partial charge in [-0.3, -0.25) is 0 Å². The fourth-order valence-corrected chi connectivity index (χ4v) is 1.64. The molecule has 2 heterocycles. The van der Waals surface area contributed by atoms with Gasteiger partial charge in [0.1, 0.15) is 5.69 Å². The summed E-state index contributed by atoms with van der Waals surface area (Å²) in [5.41, 5.74) is 1.79. The predicted octanol–water partition coefficient (Wildman–Crippen LogP) is 3.98. The van der Waals surface area contributed by atoms with Crippen molar-refractivity contribution in [3.63, 3.8) is 0 Å². The number of hydrogen-bond donors (Lipinski definition) is 0. The number of aryl methyl sites for hydroxylation is 1. The molecule has 0 saturated carbocycles. The predicted molar refractivity (Wildman–Crippen MR) is 71.9 cm³/mol. The summed E-state index contributed by atoms with van der Waals surface area (Å²) in [5.74, 6) is -0.522. The highest BCUT2D eigenvalue weighted by atomic mass is 35.5. The Morgan fingerprint density at radius 1 is 1.22 bits per heavy atom. The lowest BCUT2D eigenvalue weighted by atomic mass is 10.2. The smallest absolute Gasteiger partial charge is 0.216 e. The van der Waals surface area contributed by atoms with Gasteiger partial charge in [0.05, 0.1) is 16.5 Å². The van der Waals surface area contributed by atoms with Crippen molar-refractivity contribution >= 4 is 34.7 Å².